The number of nitrogens with zero attached hydrogens (tertiary/aromatic N) is 3. The van der Waals surface area contributed by atoms with E-state index in [-0.39, 0.29) is 67.7 Å². The maximum atomic E-state index is 15.4. The second-order valence-electron chi connectivity index (χ2n) is 19.4. The van der Waals surface area contributed by atoms with E-state index in [1.165, 1.54) is 15.5 Å². The van der Waals surface area contributed by atoms with Crippen LogP contribution in [0, 0.1) is 18.7 Å². The largest absolute Gasteiger partial charge is 0.458 e. The number of ether oxygens (including phenoxy) is 2. The number of unbranched alkanes of at least 4 members (excludes halogenated alkanes) is 2. The number of halogens is 1. The van der Waals surface area contributed by atoms with Crippen molar-refractivity contribution in [3.63, 3.8) is 0 Å². The van der Waals surface area contributed by atoms with Gasteiger partial charge in [-0.05, 0) is 67.3 Å². The Hall–Kier alpha value is -7.92. The summed E-state index contributed by atoms with van der Waals surface area (Å²) in [5.41, 5.74) is 1.85. The summed E-state index contributed by atoms with van der Waals surface area (Å²) in [4.78, 5) is 134. The average Bonchev–Trinajstić information content (AvgIpc) is 3.97. The number of likely N-dealkylation sites (tertiary alicyclic amines) is 1. The molecule has 402 valence electrons. The molecule has 7 N–H and O–H groups in total. The first-order chi connectivity index (χ1) is 36.4. The lowest BCUT2D eigenvalue weighted by Crippen LogP contribution is -2.52. The number of carbonyl (C=O) groups excluding carboxylic acids is 9. The van der Waals surface area contributed by atoms with Gasteiger partial charge in [0.2, 0.25) is 47.3 Å². The van der Waals surface area contributed by atoms with Gasteiger partial charge in [0, 0.05) is 54.3 Å². The summed E-state index contributed by atoms with van der Waals surface area (Å²) in [6.45, 7) is 2.66. The van der Waals surface area contributed by atoms with Gasteiger partial charge in [0.1, 0.15) is 31.8 Å². The second-order valence-corrected chi connectivity index (χ2v) is 19.4. The molecule has 3 aliphatic heterocycles. The Balaban J connectivity index is 0.800. The van der Waals surface area contributed by atoms with Gasteiger partial charge in [0.15, 0.2) is 5.60 Å². The summed E-state index contributed by atoms with van der Waals surface area (Å²) in [5, 5.41) is 27.4. The zero-order chi connectivity index (χ0) is 54.4. The topological polar surface area (TPSA) is 303 Å². The van der Waals surface area contributed by atoms with Gasteiger partial charge in [-0.2, -0.15) is 0 Å². The lowest BCUT2D eigenvalue weighted by Gasteiger charge is -2.31. The van der Waals surface area contributed by atoms with Crippen molar-refractivity contribution in [1.82, 2.24) is 46.4 Å². The molecule has 1 saturated heterocycles. The normalized spacial score (nSPS) is 18.5. The van der Waals surface area contributed by atoms with Crippen molar-refractivity contribution < 1.29 is 62.1 Å². The third kappa shape index (κ3) is 11.6. The summed E-state index contributed by atoms with van der Waals surface area (Å²) >= 11 is 0. The van der Waals surface area contributed by atoms with Crippen LogP contribution >= 0.6 is 0 Å². The molecule has 1 unspecified atom stereocenters. The number of imide groups is 1. The second kappa shape index (κ2) is 23.3. The monoisotopic (exact) mass is 1050 g/mol. The highest BCUT2D eigenvalue weighted by Gasteiger charge is 2.46. The zero-order valence-electron chi connectivity index (χ0n) is 42.4. The molecule has 1 aliphatic carbocycles. The van der Waals surface area contributed by atoms with Gasteiger partial charge in [-0.3, -0.25) is 48.1 Å². The molecule has 4 aliphatic rings. The number of aromatic nitrogens is 2. The quantitative estimate of drug-likeness (QED) is 0.0218. The van der Waals surface area contributed by atoms with Gasteiger partial charge in [-0.25, -0.2) is 14.2 Å². The summed E-state index contributed by atoms with van der Waals surface area (Å²) < 4.78 is 27.5. The number of fused-ring (bicyclic) bond motifs is 5. The van der Waals surface area contributed by atoms with Crippen molar-refractivity contribution in [2.75, 3.05) is 39.5 Å². The number of benzene rings is 2. The molecule has 2 aromatic carbocycles. The SMILES string of the molecule is CC[C@@]1(O)C(=O)OCc2c1cc1n(c2=O)Cc2c-1nc1cc(F)c(C)c3c1c2[C@@H](NC(=O)COCNC(=O)CNC(=O)[C@H](Cc1ccccc1)NC(=O)CNC(=O)CNC(=O)CCCCCN1C(=O)CC(C)C1=O)CC3. The van der Waals surface area contributed by atoms with Crippen LogP contribution in [0.5, 0.6) is 0 Å². The molecule has 76 heavy (non-hydrogen) atoms. The highest BCUT2D eigenvalue weighted by molar-refractivity contribution is 6.03. The van der Waals surface area contributed by atoms with Crippen LogP contribution in [0.4, 0.5) is 4.39 Å². The molecule has 0 bridgehead atoms. The van der Waals surface area contributed by atoms with E-state index in [1.807, 2.05) is 0 Å². The molecular formula is C53H60FN9O13. The van der Waals surface area contributed by atoms with E-state index < -0.39 is 103 Å². The number of aryl methyl sites for hydroxylation is 1. The smallest absolute Gasteiger partial charge is 0.343 e. The molecule has 4 atom stereocenters. The summed E-state index contributed by atoms with van der Waals surface area (Å²) in [5.74, 6) is -5.72. The van der Waals surface area contributed by atoms with Crippen molar-refractivity contribution in [3.8, 4) is 11.4 Å². The predicted octanol–water partition coefficient (Wildman–Crippen LogP) is 0.752. The molecule has 0 saturated carbocycles. The lowest BCUT2D eigenvalue weighted by atomic mass is 9.81. The molecule has 4 aromatic rings. The number of nitrogens with one attached hydrogen (secondary N) is 6. The van der Waals surface area contributed by atoms with Crippen LogP contribution in [0.3, 0.4) is 0 Å². The number of aliphatic hydroxyl groups is 1. The van der Waals surface area contributed by atoms with Crippen LogP contribution in [-0.4, -0.2) is 118 Å². The maximum Gasteiger partial charge on any atom is 0.343 e. The fourth-order valence-electron chi connectivity index (χ4n) is 10.2. The third-order valence-corrected chi connectivity index (χ3v) is 14.3. The number of carbonyl (C=O) groups is 9. The Morgan fingerprint density at radius 1 is 0.895 bits per heavy atom. The minimum Gasteiger partial charge on any atom is -0.458 e. The van der Waals surface area contributed by atoms with Crippen LogP contribution < -0.4 is 37.5 Å². The van der Waals surface area contributed by atoms with Crippen LogP contribution in [0.15, 0.2) is 47.3 Å². The van der Waals surface area contributed by atoms with E-state index in [0.717, 1.165) is 5.56 Å². The molecule has 0 spiro atoms. The molecule has 0 radical (unpaired) electrons. The van der Waals surface area contributed by atoms with Crippen molar-refractivity contribution >= 4 is 64.1 Å². The number of amides is 8. The molecule has 8 rings (SSSR count). The Labute approximate surface area is 435 Å². The van der Waals surface area contributed by atoms with E-state index in [9.17, 15) is 53.1 Å². The van der Waals surface area contributed by atoms with Crippen LogP contribution in [0.25, 0.3) is 22.3 Å². The molecule has 22 nitrogen and oxygen atoms in total. The number of pyridine rings is 2. The number of cyclic esters (lactones) is 1. The number of hydrogen-bond acceptors (Lipinski definition) is 14. The fourth-order valence-corrected chi connectivity index (χ4v) is 10.2. The summed E-state index contributed by atoms with van der Waals surface area (Å²) in [6.07, 6.45) is 2.70. The average molecular weight is 1050 g/mol. The number of esters is 1. The van der Waals surface area contributed by atoms with Crippen LogP contribution in [-0.2, 0) is 84.2 Å². The molecular weight excluding hydrogens is 990 g/mol. The summed E-state index contributed by atoms with van der Waals surface area (Å²) in [6, 6.07) is 9.84. The van der Waals surface area contributed by atoms with E-state index in [4.69, 9.17) is 14.5 Å². The Morgan fingerprint density at radius 2 is 1.62 bits per heavy atom. The van der Waals surface area contributed by atoms with Gasteiger partial charge in [-0.15, -0.1) is 0 Å². The van der Waals surface area contributed by atoms with Crippen molar-refractivity contribution in [2.24, 2.45) is 5.92 Å². The van der Waals surface area contributed by atoms with E-state index in [0.29, 0.717) is 83.2 Å². The first-order valence-corrected chi connectivity index (χ1v) is 25.3. The lowest BCUT2D eigenvalue weighted by molar-refractivity contribution is -0.172. The number of rotatable bonds is 22. The van der Waals surface area contributed by atoms with E-state index >= 15 is 4.39 Å². The standard InChI is InChI=1S/C53H60FN9O13/c1-4-53(74)34-19-39-48-32(24-63(39)51(72)33(34)25-76-52(53)73)47-36(15-14-31-29(3)35(54)20-37(61-48)46(31)47)59-44(68)26-75-27-58-42(66)22-57-49(70)38(18-30-11-7-5-8-12-30)60-43(67)23-56-41(65)21-55-40(64)13-9-6-10-16-62-45(69)17-28(2)50(62)71/h5,7-8,11-12,19-20,28,36,38,74H,4,6,9-10,13-18,21-27H2,1-3H3,(H,55,64)(H,56,65)(H,57,70)(H,58,66)(H,59,68)(H,60,67)/t28?,36-,38-,53-/m0/s1. The zero-order valence-corrected chi connectivity index (χ0v) is 42.4. The first-order valence-electron chi connectivity index (χ1n) is 25.3. The maximum absolute atomic E-state index is 15.4. The Kier molecular flexibility index (Phi) is 16.7. The van der Waals surface area contributed by atoms with E-state index in [2.05, 4.69) is 31.9 Å². The van der Waals surface area contributed by atoms with Gasteiger partial charge >= 0.3 is 5.97 Å². The van der Waals surface area contributed by atoms with Gasteiger partial charge in [-0.1, -0.05) is 50.6 Å². The molecule has 1 fully saturated rings. The summed E-state index contributed by atoms with van der Waals surface area (Å²) in [7, 11) is 0. The molecule has 5 heterocycles. The Bertz CT molecular complexity index is 3090. The van der Waals surface area contributed by atoms with Gasteiger partial charge in [0.25, 0.3) is 5.56 Å². The van der Waals surface area contributed by atoms with E-state index in [1.54, 1.807) is 57.2 Å². The molecule has 8 amide bonds. The minimum atomic E-state index is -2.05. The predicted molar refractivity (Wildman–Crippen MR) is 267 cm³/mol. The highest BCUT2D eigenvalue weighted by atomic mass is 19.1. The van der Waals surface area contributed by atoms with Gasteiger partial charge < -0.3 is 51.0 Å². The fraction of sp³-hybridized carbons (Fsp3) is 0.453. The molecule has 2 aromatic heterocycles. The van der Waals surface area contributed by atoms with Crippen molar-refractivity contribution in [1.29, 1.82) is 0 Å². The highest BCUT2D eigenvalue weighted by Crippen LogP contribution is 2.46. The first kappa shape index (κ1) is 54.3. The molecule has 23 heteroatoms. The van der Waals surface area contributed by atoms with Crippen molar-refractivity contribution in [3.05, 3.63) is 97.6 Å². The van der Waals surface area contributed by atoms with Crippen LogP contribution in [0.2, 0.25) is 0 Å². The Morgan fingerprint density at radius 3 is 2.36 bits per heavy atom. The third-order valence-electron chi connectivity index (χ3n) is 14.3. The minimum absolute atomic E-state index is 0.0388. The van der Waals surface area contributed by atoms with Crippen LogP contribution in [0.1, 0.15) is 104 Å². The van der Waals surface area contributed by atoms with Gasteiger partial charge in [0.05, 0.1) is 54.7 Å². The van der Waals surface area contributed by atoms with Crippen molar-refractivity contribution in [2.45, 2.75) is 109 Å². The number of hydrogen-bond donors (Lipinski definition) is 7.